The van der Waals surface area contributed by atoms with Gasteiger partial charge in [-0.15, -0.1) is 0 Å². The summed E-state index contributed by atoms with van der Waals surface area (Å²) in [6.07, 6.45) is 6.15. The lowest BCUT2D eigenvalue weighted by atomic mass is 10.2. The van der Waals surface area contributed by atoms with Crippen LogP contribution in [0.5, 0.6) is 5.88 Å². The van der Waals surface area contributed by atoms with Crippen LogP contribution in [0.25, 0.3) is 10.9 Å². The smallest absolute Gasteiger partial charge is 0.226 e. The van der Waals surface area contributed by atoms with Gasteiger partial charge < -0.3 is 10.1 Å². The molecule has 0 atom stereocenters. The molecule has 0 spiro atoms. The molecule has 0 bridgehead atoms. The Kier molecular flexibility index (Phi) is 5.59. The van der Waals surface area contributed by atoms with Crippen LogP contribution < -0.4 is 10.1 Å². The van der Waals surface area contributed by atoms with E-state index >= 15 is 0 Å². The number of hydrogen-bond donors (Lipinski definition) is 1. The fraction of sp³-hybridized carbons (Fsp3) is 0.500. The summed E-state index contributed by atoms with van der Waals surface area (Å²) in [6, 6.07) is 7.94. The summed E-state index contributed by atoms with van der Waals surface area (Å²) in [5, 5.41) is 3.95. The van der Waals surface area contributed by atoms with Crippen molar-refractivity contribution in [3.05, 3.63) is 24.3 Å². The zero-order valence-corrected chi connectivity index (χ0v) is 12.4. The fourth-order valence-electron chi connectivity index (χ4n) is 2.14. The molecular formula is C16H23N3O. The lowest BCUT2D eigenvalue weighted by Crippen LogP contribution is -2.03. The number of unbranched alkanes of at least 4 members (excludes halogenated alkanes) is 4. The normalized spacial score (nSPS) is 10.7. The second-order valence-electron chi connectivity index (χ2n) is 4.88. The molecule has 0 aliphatic carbocycles. The lowest BCUT2D eigenvalue weighted by Gasteiger charge is -2.09. The minimum atomic E-state index is 0.602. The van der Waals surface area contributed by atoms with Crippen molar-refractivity contribution in [3.8, 4) is 5.88 Å². The first-order chi connectivity index (χ1) is 9.85. The van der Waals surface area contributed by atoms with Crippen LogP contribution in [0.2, 0.25) is 0 Å². The summed E-state index contributed by atoms with van der Waals surface area (Å²) in [6.45, 7) is 2.94. The first kappa shape index (κ1) is 14.6. The van der Waals surface area contributed by atoms with Crippen LogP contribution in [0, 0.1) is 0 Å². The molecule has 0 aliphatic rings. The van der Waals surface area contributed by atoms with Crippen LogP contribution in [0.15, 0.2) is 24.3 Å². The van der Waals surface area contributed by atoms with E-state index in [1.54, 1.807) is 0 Å². The molecule has 0 unspecified atom stereocenters. The zero-order valence-electron chi connectivity index (χ0n) is 12.4. The van der Waals surface area contributed by atoms with Crippen molar-refractivity contribution < 1.29 is 4.74 Å². The van der Waals surface area contributed by atoms with Crippen LogP contribution in [-0.2, 0) is 0 Å². The van der Waals surface area contributed by atoms with Gasteiger partial charge in [0.15, 0.2) is 0 Å². The van der Waals surface area contributed by atoms with Gasteiger partial charge in [-0.3, -0.25) is 0 Å². The Labute approximate surface area is 120 Å². The van der Waals surface area contributed by atoms with Gasteiger partial charge in [0.2, 0.25) is 11.8 Å². The molecule has 0 saturated carbocycles. The molecular weight excluding hydrogens is 250 g/mol. The van der Waals surface area contributed by atoms with Gasteiger partial charge in [-0.1, -0.05) is 44.7 Å². The van der Waals surface area contributed by atoms with Gasteiger partial charge in [-0.25, -0.2) is 4.98 Å². The monoisotopic (exact) mass is 273 g/mol. The van der Waals surface area contributed by atoms with E-state index in [2.05, 4.69) is 22.2 Å². The summed E-state index contributed by atoms with van der Waals surface area (Å²) in [7, 11) is 1.82. The number of benzene rings is 1. The van der Waals surface area contributed by atoms with Gasteiger partial charge in [0, 0.05) is 7.05 Å². The number of rotatable bonds is 8. The van der Waals surface area contributed by atoms with E-state index in [0.717, 1.165) is 17.3 Å². The standard InChI is InChI=1S/C16H23N3O/c1-3-4-5-6-9-12-20-15-13-10-7-8-11-14(13)18-16(17-2)19-15/h7-8,10-11H,3-6,9,12H2,1-2H3,(H,17,18,19). The fourth-order valence-corrected chi connectivity index (χ4v) is 2.14. The molecule has 0 amide bonds. The lowest BCUT2D eigenvalue weighted by molar-refractivity contribution is 0.297. The summed E-state index contributed by atoms with van der Waals surface area (Å²) in [4.78, 5) is 8.83. The van der Waals surface area contributed by atoms with E-state index < -0.39 is 0 Å². The third-order valence-electron chi connectivity index (χ3n) is 3.28. The molecule has 20 heavy (non-hydrogen) atoms. The highest BCUT2D eigenvalue weighted by Crippen LogP contribution is 2.23. The summed E-state index contributed by atoms with van der Waals surface area (Å²) >= 11 is 0. The van der Waals surface area contributed by atoms with Crippen molar-refractivity contribution in [2.24, 2.45) is 0 Å². The molecule has 0 fully saturated rings. The number of para-hydroxylation sites is 1. The number of aromatic nitrogens is 2. The van der Waals surface area contributed by atoms with Gasteiger partial charge in [-0.2, -0.15) is 4.98 Å². The Morgan fingerprint density at radius 1 is 1.05 bits per heavy atom. The van der Waals surface area contributed by atoms with Crippen LogP contribution in [0.3, 0.4) is 0 Å². The minimum Gasteiger partial charge on any atom is -0.477 e. The van der Waals surface area contributed by atoms with Crippen molar-refractivity contribution in [1.82, 2.24) is 9.97 Å². The van der Waals surface area contributed by atoms with E-state index in [1.807, 2.05) is 31.3 Å². The Morgan fingerprint density at radius 2 is 1.85 bits per heavy atom. The SMILES string of the molecule is CCCCCCCOc1nc(NC)nc2ccccc12. The van der Waals surface area contributed by atoms with E-state index in [1.165, 1.54) is 25.7 Å². The second-order valence-corrected chi connectivity index (χ2v) is 4.88. The van der Waals surface area contributed by atoms with Crippen molar-refractivity contribution in [1.29, 1.82) is 0 Å². The largest absolute Gasteiger partial charge is 0.477 e. The molecule has 2 rings (SSSR count). The van der Waals surface area contributed by atoms with Crippen LogP contribution in [0.4, 0.5) is 5.95 Å². The maximum atomic E-state index is 5.85. The van der Waals surface area contributed by atoms with Gasteiger partial charge in [-0.05, 0) is 18.6 Å². The topological polar surface area (TPSA) is 47.0 Å². The number of nitrogens with zero attached hydrogens (tertiary/aromatic N) is 2. The van der Waals surface area contributed by atoms with Crippen molar-refractivity contribution >= 4 is 16.9 Å². The third kappa shape index (κ3) is 3.83. The van der Waals surface area contributed by atoms with E-state index in [0.29, 0.717) is 18.4 Å². The predicted octanol–water partition coefficient (Wildman–Crippen LogP) is 4.02. The number of nitrogens with one attached hydrogen (secondary N) is 1. The first-order valence-electron chi connectivity index (χ1n) is 7.42. The molecule has 4 nitrogen and oxygen atoms in total. The molecule has 1 aromatic carbocycles. The molecule has 108 valence electrons. The maximum absolute atomic E-state index is 5.85. The van der Waals surface area contributed by atoms with Crippen molar-refractivity contribution in [2.75, 3.05) is 19.0 Å². The van der Waals surface area contributed by atoms with Crippen LogP contribution >= 0.6 is 0 Å². The number of hydrogen-bond acceptors (Lipinski definition) is 4. The van der Waals surface area contributed by atoms with E-state index in [4.69, 9.17) is 4.74 Å². The summed E-state index contributed by atoms with van der Waals surface area (Å²) in [5.74, 6) is 1.28. The number of ether oxygens (including phenoxy) is 1. The highest BCUT2D eigenvalue weighted by atomic mass is 16.5. The van der Waals surface area contributed by atoms with Crippen molar-refractivity contribution in [3.63, 3.8) is 0 Å². The second kappa shape index (κ2) is 7.68. The predicted molar refractivity (Wildman–Crippen MR) is 83.3 cm³/mol. The number of fused-ring (bicyclic) bond motifs is 1. The molecule has 0 saturated heterocycles. The molecule has 0 aliphatic heterocycles. The van der Waals surface area contributed by atoms with Gasteiger partial charge >= 0.3 is 0 Å². The molecule has 1 heterocycles. The zero-order chi connectivity index (χ0) is 14.2. The summed E-state index contributed by atoms with van der Waals surface area (Å²) < 4.78 is 5.85. The summed E-state index contributed by atoms with van der Waals surface area (Å²) in [5.41, 5.74) is 0.910. The van der Waals surface area contributed by atoms with Crippen LogP contribution in [0.1, 0.15) is 39.0 Å². The Bertz CT molecular complexity index is 542. The Balaban J connectivity index is 2.01. The third-order valence-corrected chi connectivity index (χ3v) is 3.28. The average molecular weight is 273 g/mol. The number of anilines is 1. The Morgan fingerprint density at radius 3 is 2.65 bits per heavy atom. The van der Waals surface area contributed by atoms with Gasteiger partial charge in [0.25, 0.3) is 0 Å². The highest BCUT2D eigenvalue weighted by Gasteiger charge is 2.07. The van der Waals surface area contributed by atoms with E-state index in [9.17, 15) is 0 Å². The molecule has 0 radical (unpaired) electrons. The van der Waals surface area contributed by atoms with E-state index in [-0.39, 0.29) is 0 Å². The van der Waals surface area contributed by atoms with Crippen molar-refractivity contribution in [2.45, 2.75) is 39.0 Å². The molecule has 1 aromatic heterocycles. The Hall–Kier alpha value is -1.84. The molecule has 2 aromatic rings. The van der Waals surface area contributed by atoms with Gasteiger partial charge in [0.1, 0.15) is 0 Å². The molecule has 4 heteroatoms. The minimum absolute atomic E-state index is 0.602. The first-order valence-corrected chi connectivity index (χ1v) is 7.42. The highest BCUT2D eigenvalue weighted by molar-refractivity contribution is 5.84. The molecule has 1 N–H and O–H groups in total. The average Bonchev–Trinajstić information content (AvgIpc) is 2.50. The maximum Gasteiger partial charge on any atom is 0.226 e. The van der Waals surface area contributed by atoms with Crippen LogP contribution in [-0.4, -0.2) is 23.6 Å². The quantitative estimate of drug-likeness (QED) is 0.738. The van der Waals surface area contributed by atoms with Gasteiger partial charge in [0.05, 0.1) is 17.5 Å².